The predicted octanol–water partition coefficient (Wildman–Crippen LogP) is 3.88. The summed E-state index contributed by atoms with van der Waals surface area (Å²) in [6, 6.07) is 21.1. The van der Waals surface area contributed by atoms with Crippen molar-refractivity contribution in [1.29, 1.82) is 0 Å². The smallest absolute Gasteiger partial charge is 0.308 e. The summed E-state index contributed by atoms with van der Waals surface area (Å²) in [5.41, 5.74) is 3.69. The molecule has 0 saturated heterocycles. The van der Waals surface area contributed by atoms with Crippen molar-refractivity contribution in [1.82, 2.24) is 56.6 Å². The van der Waals surface area contributed by atoms with E-state index in [1.807, 2.05) is 33.0 Å². The fourth-order valence-corrected chi connectivity index (χ4v) is 7.79. The molecule has 0 unspecified atom stereocenters. The van der Waals surface area contributed by atoms with Gasteiger partial charge in [-0.15, -0.1) is 10.2 Å². The Balaban J connectivity index is 1.23. The standard InChI is InChI=1S/C55H73N11O10/c1-5-17-43-35-65(63-61-43)27-29-74-30-28-66-36-44(62-64-66)24-16-25-49(67)57-45(31-39(3)4)53(71)58-46(32-40-18-10-7-11-19-40)54(72)60-48(34-51(69)76-38-42-22-14-9-15-23-42)55(73)59-47(52(70)56-26-6-2)33-50(68)75-37-41-20-12-8-13-21-41/h7-15,18-23,35-36,39,45-48H,5-6,16-17,24-34,37-38H2,1-4H3,(H,56,70)(H,57,67)(H,58,71)(H,59,73)(H,60,72)/t45-,46+,47+,48-/m1/s1. The number of hydrogen-bond acceptors (Lipinski definition) is 14. The Morgan fingerprint density at radius 3 is 1.54 bits per heavy atom. The fourth-order valence-electron chi connectivity index (χ4n) is 7.79. The topological polar surface area (TPSA) is 269 Å². The average molecular weight is 1050 g/mol. The molecule has 0 radical (unpaired) electrons. The second-order valence-corrected chi connectivity index (χ2v) is 18.8. The van der Waals surface area contributed by atoms with Gasteiger partial charge in [0.25, 0.3) is 0 Å². The number of hydrogen-bond donors (Lipinski definition) is 5. The van der Waals surface area contributed by atoms with Gasteiger partial charge < -0.3 is 40.8 Å². The number of carbonyl (C=O) groups excluding carboxylic acids is 7. The first-order valence-electron chi connectivity index (χ1n) is 26.0. The van der Waals surface area contributed by atoms with Gasteiger partial charge in [-0.2, -0.15) is 0 Å². The van der Waals surface area contributed by atoms with Crippen LogP contribution < -0.4 is 26.6 Å². The summed E-state index contributed by atoms with van der Waals surface area (Å²) < 4.78 is 20.1. The van der Waals surface area contributed by atoms with Crippen molar-refractivity contribution in [2.45, 2.75) is 142 Å². The van der Waals surface area contributed by atoms with E-state index in [0.717, 1.165) is 18.5 Å². The Kier molecular flexibility index (Phi) is 25.3. The molecular formula is C55H73N11O10. The lowest BCUT2D eigenvalue weighted by molar-refractivity contribution is -0.149. The number of aryl methyl sites for hydroxylation is 2. The number of carbonyl (C=O) groups is 7. The number of nitrogens with one attached hydrogen (secondary N) is 5. The Morgan fingerprint density at radius 2 is 1.03 bits per heavy atom. The molecule has 3 aromatic carbocycles. The van der Waals surface area contributed by atoms with Crippen molar-refractivity contribution in [3.05, 3.63) is 131 Å². The van der Waals surface area contributed by atoms with E-state index in [1.54, 1.807) is 100 Å². The maximum absolute atomic E-state index is 14.5. The lowest BCUT2D eigenvalue weighted by Crippen LogP contribution is -2.59. The largest absolute Gasteiger partial charge is 0.461 e. The highest BCUT2D eigenvalue weighted by molar-refractivity contribution is 5.97. The summed E-state index contributed by atoms with van der Waals surface area (Å²) in [6.07, 6.45) is 6.07. The van der Waals surface area contributed by atoms with E-state index < -0.39 is 72.6 Å². The minimum Gasteiger partial charge on any atom is -0.461 e. The van der Waals surface area contributed by atoms with Gasteiger partial charge in [0.15, 0.2) is 0 Å². The molecular weight excluding hydrogens is 975 g/mol. The first kappa shape index (κ1) is 59.1. The second kappa shape index (κ2) is 32.5. The zero-order valence-electron chi connectivity index (χ0n) is 44.0. The van der Waals surface area contributed by atoms with Crippen LogP contribution in [0.15, 0.2) is 103 Å². The first-order valence-corrected chi connectivity index (χ1v) is 26.0. The molecule has 4 atom stereocenters. The molecule has 76 heavy (non-hydrogen) atoms. The summed E-state index contributed by atoms with van der Waals surface area (Å²) in [5, 5.41) is 30.2. The quantitative estimate of drug-likeness (QED) is 0.0289. The summed E-state index contributed by atoms with van der Waals surface area (Å²) >= 11 is 0. The molecule has 5 N–H and O–H groups in total. The lowest BCUT2D eigenvalue weighted by Gasteiger charge is -2.27. The third-order valence-electron chi connectivity index (χ3n) is 11.8. The Labute approximate surface area is 444 Å². The van der Waals surface area contributed by atoms with Gasteiger partial charge in [0.1, 0.15) is 37.4 Å². The molecule has 0 spiro atoms. The lowest BCUT2D eigenvalue weighted by atomic mass is 10.0. The van der Waals surface area contributed by atoms with Crippen molar-refractivity contribution >= 4 is 41.5 Å². The van der Waals surface area contributed by atoms with Crippen LogP contribution in [0.5, 0.6) is 0 Å². The van der Waals surface area contributed by atoms with Crippen molar-refractivity contribution in [3.63, 3.8) is 0 Å². The zero-order valence-corrected chi connectivity index (χ0v) is 44.0. The number of aromatic nitrogens is 6. The van der Waals surface area contributed by atoms with Crippen LogP contribution in [0, 0.1) is 5.92 Å². The van der Waals surface area contributed by atoms with Gasteiger partial charge in [-0.25, -0.2) is 9.36 Å². The van der Waals surface area contributed by atoms with E-state index >= 15 is 0 Å². The van der Waals surface area contributed by atoms with Crippen molar-refractivity contribution in [3.8, 4) is 0 Å². The van der Waals surface area contributed by atoms with Gasteiger partial charge in [0, 0.05) is 31.8 Å². The molecule has 408 valence electrons. The minimum atomic E-state index is -1.65. The number of esters is 2. The van der Waals surface area contributed by atoms with E-state index in [-0.39, 0.29) is 50.8 Å². The highest BCUT2D eigenvalue weighted by Gasteiger charge is 2.34. The molecule has 0 aliphatic heterocycles. The minimum absolute atomic E-state index is 0.0431. The van der Waals surface area contributed by atoms with Crippen molar-refractivity contribution in [2.24, 2.45) is 5.92 Å². The molecule has 0 bridgehead atoms. The summed E-state index contributed by atoms with van der Waals surface area (Å²) in [7, 11) is 0. The molecule has 2 aromatic heterocycles. The normalized spacial score (nSPS) is 12.6. The van der Waals surface area contributed by atoms with Crippen LogP contribution >= 0.6 is 0 Å². The van der Waals surface area contributed by atoms with Crippen molar-refractivity contribution < 1.29 is 47.8 Å². The molecule has 0 aliphatic rings. The van der Waals surface area contributed by atoms with Crippen molar-refractivity contribution in [2.75, 3.05) is 19.8 Å². The number of nitrogens with zero attached hydrogens (tertiary/aromatic N) is 6. The van der Waals surface area contributed by atoms with E-state index in [2.05, 4.69) is 54.1 Å². The van der Waals surface area contributed by atoms with Gasteiger partial charge in [0.05, 0.1) is 50.5 Å². The first-order chi connectivity index (χ1) is 36.8. The maximum atomic E-state index is 14.5. The molecule has 5 amide bonds. The third kappa shape index (κ3) is 22.0. The summed E-state index contributed by atoms with van der Waals surface area (Å²) in [6.45, 7) is 9.72. The fraction of sp³-hybridized carbons (Fsp3) is 0.473. The zero-order chi connectivity index (χ0) is 54.5. The molecule has 21 nitrogen and oxygen atoms in total. The van der Waals surface area contributed by atoms with Gasteiger partial charge in [-0.1, -0.05) is 136 Å². The predicted molar refractivity (Wildman–Crippen MR) is 280 cm³/mol. The molecule has 5 aromatic rings. The SMILES string of the molecule is CCCNC(=O)[C@H](CC(=O)OCc1ccccc1)NC(=O)[C@@H](CC(=O)OCc1ccccc1)NC(=O)[C@H](Cc1ccccc1)NC(=O)[C@@H](CC(C)C)NC(=O)CCCc1cn(CCOCCn2cc(CCC)nn2)nn1. The monoisotopic (exact) mass is 1050 g/mol. The van der Waals surface area contributed by atoms with E-state index in [1.165, 1.54) is 0 Å². The summed E-state index contributed by atoms with van der Waals surface area (Å²) in [5.74, 6) is -5.21. The number of amides is 5. The Bertz CT molecular complexity index is 2580. The number of ether oxygens (including phenoxy) is 3. The van der Waals surface area contributed by atoms with Crippen LogP contribution in [-0.2, 0) is 93.3 Å². The van der Waals surface area contributed by atoms with Gasteiger partial charge in [-0.3, -0.25) is 33.6 Å². The summed E-state index contributed by atoms with van der Waals surface area (Å²) in [4.78, 5) is 96.4. The molecule has 0 fully saturated rings. The number of benzene rings is 3. The molecule has 21 heteroatoms. The van der Waals surface area contributed by atoms with Crippen LogP contribution in [-0.4, -0.2) is 115 Å². The van der Waals surface area contributed by atoms with Crippen LogP contribution in [0.3, 0.4) is 0 Å². The van der Waals surface area contributed by atoms with Crippen LogP contribution in [0.4, 0.5) is 0 Å². The van der Waals surface area contributed by atoms with Gasteiger partial charge >= 0.3 is 11.9 Å². The average Bonchev–Trinajstić information content (AvgIpc) is 4.08. The number of rotatable bonds is 34. The van der Waals surface area contributed by atoms with Gasteiger partial charge in [0.2, 0.25) is 29.5 Å². The molecule has 0 saturated carbocycles. The van der Waals surface area contributed by atoms with Crippen LogP contribution in [0.1, 0.15) is 101 Å². The van der Waals surface area contributed by atoms with Crippen LogP contribution in [0.2, 0.25) is 0 Å². The second-order valence-electron chi connectivity index (χ2n) is 18.8. The maximum Gasteiger partial charge on any atom is 0.308 e. The molecule has 2 heterocycles. The van der Waals surface area contributed by atoms with E-state index in [0.29, 0.717) is 68.0 Å². The Morgan fingerprint density at radius 1 is 0.553 bits per heavy atom. The van der Waals surface area contributed by atoms with Gasteiger partial charge in [-0.05, 0) is 54.7 Å². The van der Waals surface area contributed by atoms with E-state index in [9.17, 15) is 33.6 Å². The van der Waals surface area contributed by atoms with E-state index in [4.69, 9.17) is 14.2 Å². The highest BCUT2D eigenvalue weighted by Crippen LogP contribution is 2.12. The molecule has 5 rings (SSSR count). The molecule has 0 aliphatic carbocycles. The highest BCUT2D eigenvalue weighted by atomic mass is 16.5. The van der Waals surface area contributed by atoms with Crippen LogP contribution in [0.25, 0.3) is 0 Å². The Hall–Kier alpha value is -7.81. The third-order valence-corrected chi connectivity index (χ3v) is 11.8.